The smallest absolute Gasteiger partial charge is 0.159 e. The van der Waals surface area contributed by atoms with E-state index < -0.39 is 0 Å². The average molecular weight is 628 g/mol. The molecule has 0 saturated carbocycles. The summed E-state index contributed by atoms with van der Waals surface area (Å²) in [6.45, 7) is 0. The highest BCUT2D eigenvalue weighted by Gasteiger charge is 2.23. The van der Waals surface area contributed by atoms with Gasteiger partial charge in [0.2, 0.25) is 0 Å². The van der Waals surface area contributed by atoms with Crippen LogP contribution in [-0.4, -0.2) is 0 Å². The monoisotopic (exact) mass is 627 g/mol. The molecule has 0 saturated heterocycles. The zero-order valence-corrected chi connectivity index (χ0v) is 26.5. The van der Waals surface area contributed by atoms with Crippen molar-refractivity contribution in [3.63, 3.8) is 0 Å². The molecule has 0 aliphatic carbocycles. The summed E-state index contributed by atoms with van der Waals surface area (Å²) in [7, 11) is 0. The van der Waals surface area contributed by atoms with E-state index in [0.29, 0.717) is 0 Å². The van der Waals surface area contributed by atoms with Crippen LogP contribution in [0, 0.1) is 0 Å². The van der Waals surface area contributed by atoms with Crippen molar-refractivity contribution >= 4 is 71.7 Å². The third kappa shape index (κ3) is 4.37. The summed E-state index contributed by atoms with van der Waals surface area (Å²) < 4.78 is 13.2. The molecule has 0 fully saturated rings. The quantitative estimate of drug-likeness (QED) is 0.190. The Balaban J connectivity index is 1.28. The number of hydrogen-bond acceptors (Lipinski definition) is 3. The van der Waals surface area contributed by atoms with Gasteiger partial charge in [0.15, 0.2) is 5.58 Å². The Morgan fingerprint density at radius 3 is 1.73 bits per heavy atom. The molecule has 0 bridgehead atoms. The first kappa shape index (κ1) is 27.5. The Morgan fingerprint density at radius 1 is 0.327 bits per heavy atom. The van der Waals surface area contributed by atoms with Gasteiger partial charge in [0.25, 0.3) is 0 Å². The molecule has 2 aromatic heterocycles. The average Bonchev–Trinajstić information content (AvgIpc) is 3.74. The number of hydrogen-bond donors (Lipinski definition) is 0. The third-order valence-electron chi connectivity index (χ3n) is 9.67. The number of furan rings is 2. The first-order valence-electron chi connectivity index (χ1n) is 16.6. The predicted molar refractivity (Wildman–Crippen MR) is 204 cm³/mol. The minimum atomic E-state index is 0.842. The Hall–Kier alpha value is -6.58. The molecule has 0 aliphatic rings. The van der Waals surface area contributed by atoms with Crippen LogP contribution in [0.2, 0.25) is 0 Å². The first-order valence-corrected chi connectivity index (χ1v) is 16.6. The van der Waals surface area contributed by atoms with Crippen molar-refractivity contribution in [3.05, 3.63) is 176 Å². The van der Waals surface area contributed by atoms with Gasteiger partial charge < -0.3 is 13.7 Å². The minimum Gasteiger partial charge on any atom is -0.456 e. The summed E-state index contributed by atoms with van der Waals surface area (Å²) in [4.78, 5) is 2.35. The SMILES string of the molecule is c1ccc(-c2ccc(N(c3ccc4oc5ccccc5c4c3)c3cccc4c3oc3c(-c5ccccc5)cccc34)c3ccccc23)cc1. The van der Waals surface area contributed by atoms with Crippen molar-refractivity contribution in [2.75, 3.05) is 4.90 Å². The first-order chi connectivity index (χ1) is 24.3. The molecule has 10 aromatic rings. The molecule has 0 unspecified atom stereocenters. The molecule has 2 heterocycles. The highest BCUT2D eigenvalue weighted by molar-refractivity contribution is 6.15. The fourth-order valence-electron chi connectivity index (χ4n) is 7.44. The molecule has 0 aliphatic heterocycles. The molecular weight excluding hydrogens is 599 g/mol. The molecule has 230 valence electrons. The number of nitrogens with zero attached hydrogens (tertiary/aromatic N) is 1. The minimum absolute atomic E-state index is 0.842. The lowest BCUT2D eigenvalue weighted by Crippen LogP contribution is -2.11. The lowest BCUT2D eigenvalue weighted by Gasteiger charge is -2.27. The van der Waals surface area contributed by atoms with E-state index in [-0.39, 0.29) is 0 Å². The van der Waals surface area contributed by atoms with Crippen LogP contribution in [0.1, 0.15) is 0 Å². The van der Waals surface area contributed by atoms with Crippen molar-refractivity contribution in [2.45, 2.75) is 0 Å². The summed E-state index contributed by atoms with van der Waals surface area (Å²) in [5, 5.41) is 6.69. The van der Waals surface area contributed by atoms with E-state index in [9.17, 15) is 0 Å². The summed E-state index contributed by atoms with van der Waals surface area (Å²) in [5.74, 6) is 0. The second-order valence-electron chi connectivity index (χ2n) is 12.5. The van der Waals surface area contributed by atoms with Crippen molar-refractivity contribution in [1.29, 1.82) is 0 Å². The lowest BCUT2D eigenvalue weighted by atomic mass is 9.96. The highest BCUT2D eigenvalue weighted by atomic mass is 16.3. The second-order valence-corrected chi connectivity index (χ2v) is 12.5. The molecule has 49 heavy (non-hydrogen) atoms. The van der Waals surface area contributed by atoms with Crippen LogP contribution in [0.5, 0.6) is 0 Å². The maximum absolute atomic E-state index is 6.98. The van der Waals surface area contributed by atoms with Crippen LogP contribution in [0.4, 0.5) is 17.1 Å². The van der Waals surface area contributed by atoms with Crippen LogP contribution in [-0.2, 0) is 0 Å². The van der Waals surface area contributed by atoms with Crippen molar-refractivity contribution in [3.8, 4) is 22.3 Å². The number of para-hydroxylation sites is 3. The Labute approximate surface area is 282 Å². The molecule has 8 aromatic carbocycles. The molecular formula is C46H29NO2. The van der Waals surface area contributed by atoms with E-state index in [4.69, 9.17) is 8.83 Å². The zero-order valence-electron chi connectivity index (χ0n) is 26.5. The van der Waals surface area contributed by atoms with Gasteiger partial charge in [0.05, 0.1) is 11.4 Å². The van der Waals surface area contributed by atoms with Crippen LogP contribution in [0.25, 0.3) is 76.9 Å². The molecule has 0 amide bonds. The van der Waals surface area contributed by atoms with E-state index in [1.165, 1.54) is 16.5 Å². The number of rotatable bonds is 5. The van der Waals surface area contributed by atoms with Crippen LogP contribution >= 0.6 is 0 Å². The molecule has 0 atom stereocenters. The standard InChI is InChI=1S/C46H29NO2/c1-3-13-30(14-4-1)33-26-27-41(36-18-8-7-17-35(33)36)47(32-25-28-44-40(29-32)37-19-9-10-24-43(37)48-44)42-23-12-22-39-38-21-11-20-34(45(38)49-46(39)42)31-15-5-2-6-16-31/h1-29H. The van der Waals surface area contributed by atoms with Gasteiger partial charge in [0, 0.05) is 38.2 Å². The summed E-state index contributed by atoms with van der Waals surface area (Å²) in [6.07, 6.45) is 0. The van der Waals surface area contributed by atoms with Gasteiger partial charge in [0.1, 0.15) is 16.7 Å². The number of benzene rings is 8. The normalized spacial score (nSPS) is 11.7. The maximum atomic E-state index is 6.98. The van der Waals surface area contributed by atoms with Gasteiger partial charge in [-0.25, -0.2) is 0 Å². The van der Waals surface area contributed by atoms with Gasteiger partial charge in [-0.1, -0.05) is 140 Å². The largest absolute Gasteiger partial charge is 0.456 e. The fourth-order valence-corrected chi connectivity index (χ4v) is 7.44. The Kier molecular flexibility index (Phi) is 6.18. The highest BCUT2D eigenvalue weighted by Crippen LogP contribution is 2.47. The fraction of sp³-hybridized carbons (Fsp3) is 0. The van der Waals surface area contributed by atoms with Crippen molar-refractivity contribution in [1.82, 2.24) is 0 Å². The number of anilines is 3. The zero-order chi connectivity index (χ0) is 32.3. The van der Waals surface area contributed by atoms with Crippen molar-refractivity contribution in [2.24, 2.45) is 0 Å². The van der Waals surface area contributed by atoms with Crippen LogP contribution in [0.3, 0.4) is 0 Å². The summed E-state index contributed by atoms with van der Waals surface area (Å²) in [6, 6.07) is 61.9. The Bertz CT molecular complexity index is 2830. The molecule has 10 rings (SSSR count). The molecule has 3 heteroatoms. The van der Waals surface area contributed by atoms with Gasteiger partial charge in [-0.05, 0) is 58.5 Å². The molecule has 0 spiro atoms. The van der Waals surface area contributed by atoms with E-state index in [1.54, 1.807) is 0 Å². The topological polar surface area (TPSA) is 29.5 Å². The van der Waals surface area contributed by atoms with Crippen LogP contribution < -0.4 is 4.90 Å². The van der Waals surface area contributed by atoms with E-state index in [2.05, 4.69) is 163 Å². The Morgan fingerprint density at radius 2 is 0.939 bits per heavy atom. The predicted octanol–water partition coefficient (Wildman–Crippen LogP) is 13.4. The molecule has 0 radical (unpaired) electrons. The number of fused-ring (bicyclic) bond motifs is 7. The summed E-state index contributed by atoms with van der Waals surface area (Å²) >= 11 is 0. The van der Waals surface area contributed by atoms with Gasteiger partial charge in [-0.3, -0.25) is 0 Å². The molecule has 0 N–H and O–H groups in total. The van der Waals surface area contributed by atoms with Crippen LogP contribution in [0.15, 0.2) is 185 Å². The van der Waals surface area contributed by atoms with Gasteiger partial charge >= 0.3 is 0 Å². The van der Waals surface area contributed by atoms with E-state index in [1.807, 2.05) is 18.2 Å². The third-order valence-corrected chi connectivity index (χ3v) is 9.67. The van der Waals surface area contributed by atoms with Gasteiger partial charge in [-0.15, -0.1) is 0 Å². The van der Waals surface area contributed by atoms with E-state index >= 15 is 0 Å². The second kappa shape index (κ2) is 11.0. The maximum Gasteiger partial charge on any atom is 0.159 e. The van der Waals surface area contributed by atoms with Crippen molar-refractivity contribution < 1.29 is 8.83 Å². The summed E-state index contributed by atoms with van der Waals surface area (Å²) in [5.41, 5.74) is 11.1. The van der Waals surface area contributed by atoms with Gasteiger partial charge in [-0.2, -0.15) is 0 Å². The van der Waals surface area contributed by atoms with E-state index in [0.717, 1.165) is 77.5 Å². The molecule has 3 nitrogen and oxygen atoms in total. The lowest BCUT2D eigenvalue weighted by molar-refractivity contribution is 0.669.